The molecule has 0 bridgehead atoms. The van der Waals surface area contributed by atoms with Crippen molar-refractivity contribution < 1.29 is 4.42 Å². The minimum Gasteiger partial charge on any atom is -0.441 e. The Balaban J connectivity index is 1.25. The van der Waals surface area contributed by atoms with Crippen molar-refractivity contribution in [2.45, 2.75) is 13.5 Å². The third-order valence-corrected chi connectivity index (χ3v) is 6.64. The fraction of sp³-hybridized carbons (Fsp3) is 0.214. The predicted octanol–water partition coefficient (Wildman–Crippen LogP) is 4.55. The number of hydrogen-bond acceptors (Lipinski definition) is 7. The van der Waals surface area contributed by atoms with Crippen molar-refractivity contribution in [1.82, 2.24) is 24.5 Å². The highest BCUT2D eigenvalue weighted by Gasteiger charge is 2.19. The summed E-state index contributed by atoms with van der Waals surface area (Å²) in [5, 5.41) is 14.1. The molecule has 0 spiro atoms. The molecule has 1 fully saturated rings. The van der Waals surface area contributed by atoms with E-state index in [9.17, 15) is 5.26 Å². The topological polar surface area (TPSA) is 86.5 Å². The van der Waals surface area contributed by atoms with Gasteiger partial charge in [0, 0.05) is 68.7 Å². The second kappa shape index (κ2) is 9.29. The number of anilines is 1. The van der Waals surface area contributed by atoms with Gasteiger partial charge in [0.1, 0.15) is 11.9 Å². The first kappa shape index (κ1) is 22.0. The highest BCUT2D eigenvalue weighted by atomic mass is 16.4. The molecule has 4 aromatic heterocycles. The first-order valence-electron chi connectivity index (χ1n) is 12.0. The number of fused-ring (bicyclic) bond motifs is 1. The van der Waals surface area contributed by atoms with Crippen molar-refractivity contribution in [2.75, 3.05) is 31.1 Å². The minimum atomic E-state index is 0.518. The smallest absolute Gasteiger partial charge is 0.191 e. The zero-order valence-corrected chi connectivity index (χ0v) is 20.0. The van der Waals surface area contributed by atoms with E-state index in [1.807, 2.05) is 25.4 Å². The van der Waals surface area contributed by atoms with Gasteiger partial charge in [-0.3, -0.25) is 4.90 Å². The van der Waals surface area contributed by atoms with Gasteiger partial charge in [-0.2, -0.15) is 10.4 Å². The van der Waals surface area contributed by atoms with Crippen molar-refractivity contribution in [3.05, 3.63) is 90.3 Å². The maximum atomic E-state index is 9.66. The van der Waals surface area contributed by atoms with Crippen LogP contribution < -0.4 is 4.90 Å². The van der Waals surface area contributed by atoms with Gasteiger partial charge >= 0.3 is 0 Å². The number of aryl methyl sites for hydroxylation is 1. The van der Waals surface area contributed by atoms with E-state index in [1.165, 1.54) is 5.56 Å². The van der Waals surface area contributed by atoms with Gasteiger partial charge in [-0.15, -0.1) is 0 Å². The Morgan fingerprint density at radius 3 is 2.47 bits per heavy atom. The number of nitrogens with zero attached hydrogens (tertiary/aromatic N) is 7. The second-order valence-electron chi connectivity index (χ2n) is 9.00. The SMILES string of the molecule is Cc1ncc(-c2cc(-c3ccc(N4CCN(Cc5ccccc5)CC4)nc3)c3c(C#N)cnn3c2)o1. The highest BCUT2D eigenvalue weighted by Crippen LogP contribution is 2.32. The number of hydrogen-bond donors (Lipinski definition) is 0. The van der Waals surface area contributed by atoms with Crippen molar-refractivity contribution in [3.63, 3.8) is 0 Å². The average molecular weight is 476 g/mol. The molecule has 1 saturated heterocycles. The van der Waals surface area contributed by atoms with Crippen molar-refractivity contribution in [2.24, 2.45) is 0 Å². The molecular formula is C28H25N7O. The van der Waals surface area contributed by atoms with Crippen molar-refractivity contribution in [1.29, 1.82) is 5.26 Å². The molecule has 5 aromatic rings. The molecule has 1 aliphatic rings. The van der Waals surface area contributed by atoms with Gasteiger partial charge in [-0.1, -0.05) is 30.3 Å². The molecule has 8 heteroatoms. The Labute approximate surface area is 209 Å². The molecule has 0 unspecified atom stereocenters. The first-order chi connectivity index (χ1) is 17.7. The molecule has 178 valence electrons. The summed E-state index contributed by atoms with van der Waals surface area (Å²) in [6, 6.07) is 19.0. The molecule has 8 nitrogen and oxygen atoms in total. The van der Waals surface area contributed by atoms with Gasteiger partial charge in [0.15, 0.2) is 11.7 Å². The molecule has 1 aliphatic heterocycles. The molecule has 0 N–H and O–H groups in total. The molecule has 36 heavy (non-hydrogen) atoms. The maximum Gasteiger partial charge on any atom is 0.191 e. The molecule has 0 saturated carbocycles. The van der Waals surface area contributed by atoms with E-state index in [2.05, 4.69) is 68.4 Å². The van der Waals surface area contributed by atoms with E-state index in [0.717, 1.165) is 60.7 Å². The summed E-state index contributed by atoms with van der Waals surface area (Å²) in [6.07, 6.45) is 7.03. The van der Waals surface area contributed by atoms with Crippen LogP contribution in [0.5, 0.6) is 0 Å². The largest absolute Gasteiger partial charge is 0.441 e. The van der Waals surface area contributed by atoms with Gasteiger partial charge in [0.05, 0.1) is 23.5 Å². The normalized spacial score (nSPS) is 14.3. The number of aromatic nitrogens is 4. The number of oxazole rings is 1. The Hall–Kier alpha value is -4.48. The summed E-state index contributed by atoms with van der Waals surface area (Å²) in [5.41, 5.74) is 5.25. The molecule has 0 aliphatic carbocycles. The van der Waals surface area contributed by atoms with E-state index < -0.39 is 0 Å². The van der Waals surface area contributed by atoms with Crippen LogP contribution in [-0.2, 0) is 6.54 Å². The van der Waals surface area contributed by atoms with E-state index in [4.69, 9.17) is 9.40 Å². The molecule has 1 aromatic carbocycles. The van der Waals surface area contributed by atoms with Crippen LogP contribution >= 0.6 is 0 Å². The Kier molecular flexibility index (Phi) is 5.68. The summed E-state index contributed by atoms with van der Waals surface area (Å²) in [6.45, 7) is 6.66. The number of pyridine rings is 2. The second-order valence-corrected chi connectivity index (χ2v) is 9.00. The number of rotatable bonds is 5. The average Bonchev–Trinajstić information content (AvgIpc) is 3.55. The van der Waals surface area contributed by atoms with Crippen LogP contribution in [0, 0.1) is 18.3 Å². The maximum absolute atomic E-state index is 9.66. The summed E-state index contributed by atoms with van der Waals surface area (Å²) in [7, 11) is 0. The lowest BCUT2D eigenvalue weighted by Gasteiger charge is -2.35. The van der Waals surface area contributed by atoms with Crippen LogP contribution in [0.2, 0.25) is 0 Å². The molecule has 0 amide bonds. The highest BCUT2D eigenvalue weighted by molar-refractivity contribution is 5.87. The standard InChI is InChI=1S/C28H25N7O/c1-20-30-17-26(36-20)23-13-25(28-24(14-29)16-32-35(28)19-23)22-7-8-27(31-15-22)34-11-9-33(10-12-34)18-21-5-3-2-4-6-21/h2-8,13,15-17,19H,9-12,18H2,1H3. The first-order valence-corrected chi connectivity index (χ1v) is 12.0. The third kappa shape index (κ3) is 4.21. The van der Waals surface area contributed by atoms with Gasteiger partial charge < -0.3 is 9.32 Å². The molecule has 6 rings (SSSR count). The van der Waals surface area contributed by atoms with Crippen LogP contribution in [0.1, 0.15) is 17.0 Å². The van der Waals surface area contributed by atoms with Crippen LogP contribution in [0.15, 0.2) is 77.7 Å². The lowest BCUT2D eigenvalue weighted by atomic mass is 10.0. The fourth-order valence-corrected chi connectivity index (χ4v) is 4.76. The zero-order chi connectivity index (χ0) is 24.5. The molecule has 0 atom stereocenters. The Bertz CT molecular complexity index is 1540. The zero-order valence-electron chi connectivity index (χ0n) is 20.0. The van der Waals surface area contributed by atoms with Crippen LogP contribution in [0.3, 0.4) is 0 Å². The van der Waals surface area contributed by atoms with Crippen LogP contribution in [0.4, 0.5) is 5.82 Å². The lowest BCUT2D eigenvalue weighted by Crippen LogP contribution is -2.46. The number of benzene rings is 1. The van der Waals surface area contributed by atoms with E-state index in [-0.39, 0.29) is 0 Å². The Morgan fingerprint density at radius 1 is 0.944 bits per heavy atom. The predicted molar refractivity (Wildman–Crippen MR) is 137 cm³/mol. The van der Waals surface area contributed by atoms with E-state index in [1.54, 1.807) is 16.9 Å². The summed E-state index contributed by atoms with van der Waals surface area (Å²) >= 11 is 0. The van der Waals surface area contributed by atoms with Crippen molar-refractivity contribution >= 4 is 11.3 Å². The van der Waals surface area contributed by atoms with Gasteiger partial charge in [-0.25, -0.2) is 14.5 Å². The Morgan fingerprint density at radius 2 is 1.78 bits per heavy atom. The van der Waals surface area contributed by atoms with Gasteiger partial charge in [-0.05, 0) is 23.8 Å². The monoisotopic (exact) mass is 475 g/mol. The number of piperazine rings is 1. The summed E-state index contributed by atoms with van der Waals surface area (Å²) < 4.78 is 7.47. The van der Waals surface area contributed by atoms with Crippen LogP contribution in [-0.4, -0.2) is 50.7 Å². The quantitative estimate of drug-likeness (QED) is 0.368. The van der Waals surface area contributed by atoms with Crippen molar-refractivity contribution in [3.8, 4) is 28.5 Å². The minimum absolute atomic E-state index is 0.518. The van der Waals surface area contributed by atoms with E-state index >= 15 is 0 Å². The molecule has 0 radical (unpaired) electrons. The van der Waals surface area contributed by atoms with Gasteiger partial charge in [0.25, 0.3) is 0 Å². The van der Waals surface area contributed by atoms with E-state index in [0.29, 0.717) is 17.2 Å². The van der Waals surface area contributed by atoms with Gasteiger partial charge in [0.2, 0.25) is 0 Å². The summed E-state index contributed by atoms with van der Waals surface area (Å²) in [4.78, 5) is 13.8. The lowest BCUT2D eigenvalue weighted by molar-refractivity contribution is 0.249. The fourth-order valence-electron chi connectivity index (χ4n) is 4.76. The third-order valence-electron chi connectivity index (χ3n) is 6.64. The molecular weight excluding hydrogens is 450 g/mol. The summed E-state index contributed by atoms with van der Waals surface area (Å²) in [5.74, 6) is 2.22. The number of nitriles is 1. The molecule has 5 heterocycles. The van der Waals surface area contributed by atoms with Crippen LogP contribution in [0.25, 0.3) is 28.0 Å².